The molecule has 1 aliphatic heterocycles. The molecule has 2 aromatic rings. The number of carbonyl (C=O) groups excluding carboxylic acids is 1. The Balaban J connectivity index is 1.58. The molecule has 0 bridgehead atoms. The van der Waals surface area contributed by atoms with E-state index < -0.39 is 11.9 Å². The summed E-state index contributed by atoms with van der Waals surface area (Å²) in [5.74, 6) is -0.232. The standard InChI is InChI=1S/C17H22BrF3N6O/c1-11-13(8-24(3)22-11)9-25-4-6-26(7-5-25)14(28)10-27-12(2)15(18)16(23-27)17(19,20)21/h8H,4-7,9-10H2,1-3H3. The molecule has 3 heterocycles. The number of nitrogens with zero attached hydrogens (tertiary/aromatic N) is 6. The lowest BCUT2D eigenvalue weighted by atomic mass is 10.2. The lowest BCUT2D eigenvalue weighted by Gasteiger charge is -2.34. The van der Waals surface area contributed by atoms with Crippen LogP contribution in [0.2, 0.25) is 0 Å². The van der Waals surface area contributed by atoms with E-state index in [1.54, 1.807) is 9.58 Å². The molecule has 0 radical (unpaired) electrons. The lowest BCUT2D eigenvalue weighted by Crippen LogP contribution is -2.49. The molecule has 1 fully saturated rings. The normalized spacial score (nSPS) is 16.0. The topological polar surface area (TPSA) is 59.2 Å². The van der Waals surface area contributed by atoms with Crippen LogP contribution in [-0.2, 0) is 31.1 Å². The van der Waals surface area contributed by atoms with Gasteiger partial charge in [0, 0.05) is 51.5 Å². The Morgan fingerprint density at radius 3 is 2.32 bits per heavy atom. The van der Waals surface area contributed by atoms with Crippen molar-refractivity contribution in [2.24, 2.45) is 7.05 Å². The molecular weight excluding hydrogens is 441 g/mol. The van der Waals surface area contributed by atoms with Crippen LogP contribution in [0.5, 0.6) is 0 Å². The average Bonchev–Trinajstić information content (AvgIpc) is 3.08. The van der Waals surface area contributed by atoms with Crippen LogP contribution in [-0.4, -0.2) is 61.4 Å². The summed E-state index contributed by atoms with van der Waals surface area (Å²) in [4.78, 5) is 16.5. The number of hydrogen-bond donors (Lipinski definition) is 0. The molecule has 7 nitrogen and oxygen atoms in total. The van der Waals surface area contributed by atoms with Crippen molar-refractivity contribution in [3.8, 4) is 0 Å². The first-order chi connectivity index (χ1) is 13.1. The zero-order valence-electron chi connectivity index (χ0n) is 15.9. The summed E-state index contributed by atoms with van der Waals surface area (Å²) in [6, 6.07) is 0. The van der Waals surface area contributed by atoms with Crippen LogP contribution in [0.3, 0.4) is 0 Å². The molecule has 1 saturated heterocycles. The first-order valence-corrected chi connectivity index (χ1v) is 9.65. The van der Waals surface area contributed by atoms with Crippen LogP contribution in [0.15, 0.2) is 10.7 Å². The molecule has 0 aromatic carbocycles. The number of amides is 1. The van der Waals surface area contributed by atoms with Crippen molar-refractivity contribution in [2.45, 2.75) is 33.1 Å². The Kier molecular flexibility index (Phi) is 5.85. The highest BCUT2D eigenvalue weighted by Crippen LogP contribution is 2.35. The molecule has 0 atom stereocenters. The summed E-state index contributed by atoms with van der Waals surface area (Å²) in [6.45, 7) is 6.51. The van der Waals surface area contributed by atoms with Gasteiger partial charge in [-0.25, -0.2) is 0 Å². The van der Waals surface area contributed by atoms with Gasteiger partial charge in [-0.3, -0.25) is 19.1 Å². The largest absolute Gasteiger partial charge is 0.436 e. The number of aromatic nitrogens is 4. The molecule has 1 aliphatic rings. The monoisotopic (exact) mass is 462 g/mol. The first kappa shape index (κ1) is 20.8. The second-order valence-electron chi connectivity index (χ2n) is 6.97. The zero-order chi connectivity index (χ0) is 20.6. The van der Waals surface area contributed by atoms with E-state index in [4.69, 9.17) is 0 Å². The minimum Gasteiger partial charge on any atom is -0.339 e. The Morgan fingerprint density at radius 1 is 1.18 bits per heavy atom. The van der Waals surface area contributed by atoms with E-state index in [1.165, 1.54) is 6.92 Å². The fourth-order valence-electron chi connectivity index (χ4n) is 3.29. The smallest absolute Gasteiger partial charge is 0.339 e. The van der Waals surface area contributed by atoms with Crippen LogP contribution in [0, 0.1) is 13.8 Å². The highest BCUT2D eigenvalue weighted by Gasteiger charge is 2.38. The summed E-state index contributed by atoms with van der Waals surface area (Å²) in [5, 5.41) is 7.91. The zero-order valence-corrected chi connectivity index (χ0v) is 17.5. The fraction of sp³-hybridized carbons (Fsp3) is 0.588. The van der Waals surface area contributed by atoms with Gasteiger partial charge in [-0.05, 0) is 29.8 Å². The molecule has 11 heteroatoms. The Labute approximate surface area is 169 Å². The van der Waals surface area contributed by atoms with E-state index in [2.05, 4.69) is 31.0 Å². The quantitative estimate of drug-likeness (QED) is 0.699. The predicted molar refractivity (Wildman–Crippen MR) is 99.5 cm³/mol. The molecule has 0 spiro atoms. The van der Waals surface area contributed by atoms with Crippen molar-refractivity contribution >= 4 is 21.8 Å². The molecule has 0 N–H and O–H groups in total. The van der Waals surface area contributed by atoms with Gasteiger partial charge in [0.2, 0.25) is 5.91 Å². The number of piperazine rings is 1. The fourth-order valence-corrected chi connectivity index (χ4v) is 3.80. The van der Waals surface area contributed by atoms with E-state index in [-0.39, 0.29) is 22.6 Å². The summed E-state index contributed by atoms with van der Waals surface area (Å²) < 4.78 is 41.7. The second kappa shape index (κ2) is 7.86. The molecule has 2 aromatic heterocycles. The van der Waals surface area contributed by atoms with Crippen molar-refractivity contribution in [1.82, 2.24) is 29.4 Å². The molecule has 1 amide bonds. The van der Waals surface area contributed by atoms with Gasteiger partial charge < -0.3 is 4.90 Å². The third-order valence-electron chi connectivity index (χ3n) is 4.92. The number of carbonyl (C=O) groups is 1. The van der Waals surface area contributed by atoms with E-state index in [9.17, 15) is 18.0 Å². The second-order valence-corrected chi connectivity index (χ2v) is 7.77. The highest BCUT2D eigenvalue weighted by molar-refractivity contribution is 9.10. The summed E-state index contributed by atoms with van der Waals surface area (Å²) in [6.07, 6.45) is -2.57. The van der Waals surface area contributed by atoms with Gasteiger partial charge >= 0.3 is 6.18 Å². The van der Waals surface area contributed by atoms with Gasteiger partial charge in [0.25, 0.3) is 0 Å². The highest BCUT2D eigenvalue weighted by atomic mass is 79.9. The van der Waals surface area contributed by atoms with Crippen LogP contribution in [0.25, 0.3) is 0 Å². The van der Waals surface area contributed by atoms with Crippen molar-refractivity contribution in [2.75, 3.05) is 26.2 Å². The van der Waals surface area contributed by atoms with Gasteiger partial charge in [0.15, 0.2) is 5.69 Å². The van der Waals surface area contributed by atoms with Crippen molar-refractivity contribution in [3.63, 3.8) is 0 Å². The predicted octanol–water partition coefficient (Wildman–Crippen LogP) is 2.36. The minimum absolute atomic E-state index is 0.121. The first-order valence-electron chi connectivity index (χ1n) is 8.85. The number of aryl methyl sites for hydroxylation is 2. The number of hydrogen-bond acceptors (Lipinski definition) is 4. The number of halogens is 4. The van der Waals surface area contributed by atoms with Gasteiger partial charge in [0.1, 0.15) is 6.54 Å². The van der Waals surface area contributed by atoms with Crippen molar-refractivity contribution in [3.05, 3.63) is 33.3 Å². The van der Waals surface area contributed by atoms with Gasteiger partial charge in [-0.2, -0.15) is 23.4 Å². The Morgan fingerprint density at radius 2 is 1.82 bits per heavy atom. The van der Waals surface area contributed by atoms with Gasteiger partial charge in [0.05, 0.1) is 15.9 Å². The molecule has 0 saturated carbocycles. The Bertz CT molecular complexity index is 867. The van der Waals surface area contributed by atoms with Crippen LogP contribution in [0.1, 0.15) is 22.6 Å². The maximum Gasteiger partial charge on any atom is 0.436 e. The number of rotatable bonds is 4. The van der Waals surface area contributed by atoms with Gasteiger partial charge in [-0.15, -0.1) is 0 Å². The molecule has 0 aliphatic carbocycles. The summed E-state index contributed by atoms with van der Waals surface area (Å²) >= 11 is 2.93. The molecule has 154 valence electrons. The Hall–Kier alpha value is -1.88. The summed E-state index contributed by atoms with van der Waals surface area (Å²) in [7, 11) is 1.88. The molecule has 28 heavy (non-hydrogen) atoms. The maximum atomic E-state index is 13.0. The third-order valence-corrected chi connectivity index (χ3v) is 5.87. The molecular formula is C17H22BrF3N6O. The van der Waals surface area contributed by atoms with E-state index in [0.717, 1.165) is 22.5 Å². The minimum atomic E-state index is -4.56. The van der Waals surface area contributed by atoms with Crippen molar-refractivity contribution < 1.29 is 18.0 Å². The SMILES string of the molecule is Cc1nn(C)cc1CN1CCN(C(=O)Cn2nc(C(F)(F)F)c(Br)c2C)CC1. The van der Waals surface area contributed by atoms with E-state index >= 15 is 0 Å². The van der Waals surface area contributed by atoms with E-state index in [1.807, 2.05) is 20.2 Å². The number of alkyl halides is 3. The molecule has 0 unspecified atom stereocenters. The van der Waals surface area contributed by atoms with Crippen LogP contribution in [0.4, 0.5) is 13.2 Å². The summed E-state index contributed by atoms with van der Waals surface area (Å²) in [5.41, 5.74) is 1.42. The third kappa shape index (κ3) is 4.40. The van der Waals surface area contributed by atoms with Crippen LogP contribution < -0.4 is 0 Å². The van der Waals surface area contributed by atoms with E-state index in [0.29, 0.717) is 26.2 Å². The average molecular weight is 463 g/mol. The van der Waals surface area contributed by atoms with Gasteiger partial charge in [-0.1, -0.05) is 0 Å². The molecule has 3 rings (SSSR count). The van der Waals surface area contributed by atoms with Crippen LogP contribution >= 0.6 is 15.9 Å². The maximum absolute atomic E-state index is 13.0. The van der Waals surface area contributed by atoms with Crippen molar-refractivity contribution in [1.29, 1.82) is 0 Å². The lowest BCUT2D eigenvalue weighted by molar-refractivity contribution is -0.142.